The first-order valence-electron chi connectivity index (χ1n) is 10.3. The fraction of sp³-hybridized carbons (Fsp3) is 0.609. The molecule has 7 heteroatoms. The predicted molar refractivity (Wildman–Crippen MR) is 114 cm³/mol. The van der Waals surface area contributed by atoms with Crippen molar-refractivity contribution in [3.05, 3.63) is 47.3 Å². The monoisotopic (exact) mass is 424 g/mol. The van der Waals surface area contributed by atoms with Gasteiger partial charge in [0, 0.05) is 17.9 Å². The van der Waals surface area contributed by atoms with Gasteiger partial charge in [0.05, 0.1) is 18.3 Å². The average molecular weight is 425 g/mol. The Hall–Kier alpha value is -1.77. The van der Waals surface area contributed by atoms with Crippen LogP contribution in [0.15, 0.2) is 47.3 Å². The zero-order valence-electron chi connectivity index (χ0n) is 18.4. The van der Waals surface area contributed by atoms with Gasteiger partial charge in [-0.3, -0.25) is 4.79 Å². The van der Waals surface area contributed by atoms with Gasteiger partial charge in [0.2, 0.25) is 5.78 Å². The SMILES string of the molecule is CC(=CC(C)O)C(O)C(C)C=CC=CCCC(O)CC1=C(C)C(=O)C(O)(C(C)O)O1. The third-order valence-electron chi connectivity index (χ3n) is 5.15. The second-order valence-corrected chi connectivity index (χ2v) is 8.06. The Bertz CT molecular complexity index is 702. The van der Waals surface area contributed by atoms with Crippen molar-refractivity contribution >= 4 is 5.78 Å². The molecule has 0 fully saturated rings. The molecule has 0 bridgehead atoms. The first-order chi connectivity index (χ1) is 13.9. The smallest absolute Gasteiger partial charge is 0.298 e. The van der Waals surface area contributed by atoms with Gasteiger partial charge >= 0.3 is 0 Å². The van der Waals surface area contributed by atoms with Crippen molar-refractivity contribution in [2.45, 2.75) is 84.1 Å². The highest BCUT2D eigenvalue weighted by Gasteiger charge is 2.50. The van der Waals surface area contributed by atoms with E-state index in [1.807, 2.05) is 31.2 Å². The van der Waals surface area contributed by atoms with Gasteiger partial charge in [-0.1, -0.05) is 37.3 Å². The third kappa shape index (κ3) is 7.18. The summed E-state index contributed by atoms with van der Waals surface area (Å²) in [5.41, 5.74) is 0.928. The maximum Gasteiger partial charge on any atom is 0.298 e. The van der Waals surface area contributed by atoms with E-state index in [9.17, 15) is 30.3 Å². The Balaban J connectivity index is 2.46. The molecule has 5 N–H and O–H groups in total. The van der Waals surface area contributed by atoms with E-state index in [-0.39, 0.29) is 23.7 Å². The fourth-order valence-electron chi connectivity index (χ4n) is 3.19. The maximum atomic E-state index is 12.1. The second kappa shape index (κ2) is 11.6. The van der Waals surface area contributed by atoms with Crippen LogP contribution in [-0.4, -0.2) is 61.5 Å². The van der Waals surface area contributed by atoms with E-state index in [4.69, 9.17) is 4.74 Å². The van der Waals surface area contributed by atoms with E-state index in [2.05, 4.69) is 0 Å². The third-order valence-corrected chi connectivity index (χ3v) is 5.15. The second-order valence-electron chi connectivity index (χ2n) is 8.06. The van der Waals surface area contributed by atoms with Gasteiger partial charge in [0.25, 0.3) is 5.79 Å². The molecule has 0 amide bonds. The highest BCUT2D eigenvalue weighted by atomic mass is 16.6. The van der Waals surface area contributed by atoms with Crippen molar-refractivity contribution in [2.75, 3.05) is 0 Å². The zero-order chi connectivity index (χ0) is 23.1. The Morgan fingerprint density at radius 2 is 1.77 bits per heavy atom. The van der Waals surface area contributed by atoms with E-state index in [1.165, 1.54) is 13.8 Å². The van der Waals surface area contributed by atoms with Crippen LogP contribution in [0.3, 0.4) is 0 Å². The average Bonchev–Trinajstić information content (AvgIpc) is 2.87. The molecule has 1 aliphatic rings. The van der Waals surface area contributed by atoms with Crippen molar-refractivity contribution in [2.24, 2.45) is 5.92 Å². The van der Waals surface area contributed by atoms with Crippen LogP contribution < -0.4 is 0 Å². The summed E-state index contributed by atoms with van der Waals surface area (Å²) in [5.74, 6) is -2.87. The molecular formula is C23H36O7. The summed E-state index contributed by atoms with van der Waals surface area (Å²) >= 11 is 0. The summed E-state index contributed by atoms with van der Waals surface area (Å²) in [6.07, 6.45) is 6.70. The number of carbonyl (C=O) groups is 1. The number of allylic oxidation sites excluding steroid dienone is 3. The van der Waals surface area contributed by atoms with Crippen LogP contribution in [0, 0.1) is 5.92 Å². The van der Waals surface area contributed by atoms with Gasteiger partial charge in [-0.15, -0.1) is 0 Å². The van der Waals surface area contributed by atoms with Gasteiger partial charge in [-0.25, -0.2) is 0 Å². The van der Waals surface area contributed by atoms with Gasteiger partial charge in [-0.05, 0) is 46.1 Å². The van der Waals surface area contributed by atoms with Crippen molar-refractivity contribution in [3.63, 3.8) is 0 Å². The number of ether oxygens (including phenoxy) is 1. The lowest BCUT2D eigenvalue weighted by Crippen LogP contribution is -2.47. The van der Waals surface area contributed by atoms with Crippen LogP contribution in [-0.2, 0) is 9.53 Å². The van der Waals surface area contributed by atoms with Crippen LogP contribution in [0.2, 0.25) is 0 Å². The van der Waals surface area contributed by atoms with Crippen LogP contribution >= 0.6 is 0 Å². The van der Waals surface area contributed by atoms with Crippen LogP contribution in [0.25, 0.3) is 0 Å². The molecule has 0 radical (unpaired) electrons. The van der Waals surface area contributed by atoms with Gasteiger partial charge < -0.3 is 30.3 Å². The number of rotatable bonds is 11. The van der Waals surface area contributed by atoms with Crippen molar-refractivity contribution in [1.29, 1.82) is 0 Å². The highest BCUT2D eigenvalue weighted by Crippen LogP contribution is 2.34. The first kappa shape index (κ1) is 26.3. The Morgan fingerprint density at radius 1 is 1.13 bits per heavy atom. The molecule has 1 heterocycles. The summed E-state index contributed by atoms with van der Waals surface area (Å²) < 4.78 is 5.24. The molecule has 0 spiro atoms. The quantitative estimate of drug-likeness (QED) is 0.253. The summed E-state index contributed by atoms with van der Waals surface area (Å²) in [6, 6.07) is 0. The Kier molecular flexibility index (Phi) is 10.1. The minimum Gasteiger partial charge on any atom is -0.456 e. The van der Waals surface area contributed by atoms with E-state index < -0.39 is 36.0 Å². The maximum absolute atomic E-state index is 12.1. The number of ketones is 1. The van der Waals surface area contributed by atoms with Crippen LogP contribution in [0.1, 0.15) is 53.9 Å². The number of hydrogen-bond donors (Lipinski definition) is 5. The predicted octanol–water partition coefficient (Wildman–Crippen LogP) is 1.90. The van der Waals surface area contributed by atoms with Gasteiger partial charge in [0.15, 0.2) is 0 Å². The number of hydrogen-bond acceptors (Lipinski definition) is 7. The molecule has 0 saturated carbocycles. The molecule has 0 saturated heterocycles. The molecule has 1 aliphatic heterocycles. The van der Waals surface area contributed by atoms with Crippen molar-refractivity contribution in [3.8, 4) is 0 Å². The lowest BCUT2D eigenvalue weighted by molar-refractivity contribution is -0.213. The molecular weight excluding hydrogens is 388 g/mol. The number of aliphatic hydroxyl groups is 5. The normalized spacial score (nSPS) is 25.7. The van der Waals surface area contributed by atoms with E-state index in [0.29, 0.717) is 18.4 Å². The molecule has 6 unspecified atom stereocenters. The molecule has 6 atom stereocenters. The standard InChI is InChI=1S/C23H36O7/c1-14(21(27)15(2)12-16(3)24)10-8-6-7-9-11-19(26)13-20-17(4)22(28)23(29,30-20)18(5)25/h6-8,10,12,14,16,18-19,21,24-27,29H,9,11,13H2,1-5H3. The lowest BCUT2D eigenvalue weighted by atomic mass is 9.97. The molecule has 7 nitrogen and oxygen atoms in total. The summed E-state index contributed by atoms with van der Waals surface area (Å²) in [4.78, 5) is 12.1. The summed E-state index contributed by atoms with van der Waals surface area (Å²) in [7, 11) is 0. The first-order valence-corrected chi connectivity index (χ1v) is 10.3. The summed E-state index contributed by atoms with van der Waals surface area (Å²) in [5, 5.41) is 49.5. The van der Waals surface area contributed by atoms with Crippen LogP contribution in [0.5, 0.6) is 0 Å². The molecule has 30 heavy (non-hydrogen) atoms. The van der Waals surface area contributed by atoms with Gasteiger partial charge in [0.1, 0.15) is 11.9 Å². The van der Waals surface area contributed by atoms with E-state index in [1.54, 1.807) is 19.9 Å². The highest BCUT2D eigenvalue weighted by molar-refractivity contribution is 6.03. The largest absolute Gasteiger partial charge is 0.456 e. The van der Waals surface area contributed by atoms with Crippen molar-refractivity contribution < 1.29 is 35.1 Å². The Labute approximate surface area is 178 Å². The molecule has 0 aromatic carbocycles. The lowest BCUT2D eigenvalue weighted by Gasteiger charge is -2.25. The Morgan fingerprint density at radius 3 is 2.30 bits per heavy atom. The minimum absolute atomic E-state index is 0.0778. The summed E-state index contributed by atoms with van der Waals surface area (Å²) in [6.45, 7) is 8.07. The zero-order valence-corrected chi connectivity index (χ0v) is 18.4. The van der Waals surface area contributed by atoms with E-state index >= 15 is 0 Å². The number of carbonyl (C=O) groups excluding carboxylic acids is 1. The van der Waals surface area contributed by atoms with Crippen LogP contribution in [0.4, 0.5) is 0 Å². The van der Waals surface area contributed by atoms with Gasteiger partial charge in [-0.2, -0.15) is 0 Å². The molecule has 0 aliphatic carbocycles. The number of Topliss-reactive ketones (excluding diaryl/α,β-unsaturated/α-hetero) is 1. The topological polar surface area (TPSA) is 127 Å². The van der Waals surface area contributed by atoms with Crippen molar-refractivity contribution in [1.82, 2.24) is 0 Å². The molecule has 170 valence electrons. The fourth-order valence-corrected chi connectivity index (χ4v) is 3.19. The van der Waals surface area contributed by atoms with E-state index in [0.717, 1.165) is 0 Å². The molecule has 1 rings (SSSR count). The molecule has 0 aromatic rings. The number of aliphatic hydroxyl groups excluding tert-OH is 4. The molecule has 0 aromatic heterocycles. The minimum atomic E-state index is -2.27.